The van der Waals surface area contributed by atoms with Gasteiger partial charge in [0.2, 0.25) is 5.60 Å². The Labute approximate surface area is 177 Å². The van der Waals surface area contributed by atoms with Gasteiger partial charge in [-0.1, -0.05) is 13.8 Å². The minimum absolute atomic E-state index is 0.106. The predicted octanol–water partition coefficient (Wildman–Crippen LogP) is 3.63. The minimum atomic E-state index is -1.79. The molecule has 0 spiro atoms. The van der Waals surface area contributed by atoms with E-state index in [1.807, 2.05) is 0 Å². The van der Waals surface area contributed by atoms with Gasteiger partial charge in [0.1, 0.15) is 17.1 Å². The molecule has 2 rings (SSSR count). The van der Waals surface area contributed by atoms with Gasteiger partial charge in [0, 0.05) is 36.6 Å². The Morgan fingerprint density at radius 1 is 1.20 bits per heavy atom. The monoisotopic (exact) mass is 421 g/mol. The van der Waals surface area contributed by atoms with E-state index >= 15 is 0 Å². The minimum Gasteiger partial charge on any atom is -0.496 e. The highest BCUT2D eigenvalue weighted by Crippen LogP contribution is 2.50. The Morgan fingerprint density at radius 3 is 2.30 bits per heavy atom. The average Bonchev–Trinajstić information content (AvgIpc) is 2.66. The molecule has 8 nitrogen and oxygen atoms in total. The molecule has 8 heteroatoms. The summed E-state index contributed by atoms with van der Waals surface area (Å²) < 4.78 is 22.1. The molecule has 0 aliphatic heterocycles. The lowest BCUT2D eigenvalue weighted by molar-refractivity contribution is -0.159. The lowest BCUT2D eigenvalue weighted by Gasteiger charge is -2.39. The maximum Gasteiger partial charge on any atom is 0.412 e. The molecule has 0 radical (unpaired) electrons. The van der Waals surface area contributed by atoms with E-state index in [0.29, 0.717) is 29.0 Å². The normalized spacial score (nSPS) is 20.9. The van der Waals surface area contributed by atoms with Crippen LogP contribution in [0.1, 0.15) is 52.2 Å². The van der Waals surface area contributed by atoms with Gasteiger partial charge in [-0.15, -0.1) is 0 Å². The topological polar surface area (TPSA) is 100 Å². The molecule has 0 saturated carbocycles. The van der Waals surface area contributed by atoms with Crippen LogP contribution in [0, 0.1) is 5.92 Å². The number of fused-ring (bicyclic) bond motifs is 1. The molecule has 2 atom stereocenters. The number of amides is 1. The molecule has 1 aliphatic carbocycles. The maximum atomic E-state index is 13.2. The standard InChI is InChI=1S/C22H31NO7/c1-9-16(24)22(29-8)17-13(10-12(2)19(22)25)18(28-7)14(11-15(17)27-6)23-20(26)30-21(3,4)5/h11-12H,9-10H2,1-8H3,(H,23,26). The lowest BCUT2D eigenvalue weighted by Crippen LogP contribution is -2.51. The Hall–Kier alpha value is -2.61. The summed E-state index contributed by atoms with van der Waals surface area (Å²) in [5, 5.41) is 2.68. The second-order valence-electron chi connectivity index (χ2n) is 8.27. The van der Waals surface area contributed by atoms with Crippen LogP contribution < -0.4 is 14.8 Å². The molecule has 0 fully saturated rings. The first-order valence-corrected chi connectivity index (χ1v) is 9.87. The second-order valence-corrected chi connectivity index (χ2v) is 8.27. The Balaban J connectivity index is 2.76. The van der Waals surface area contributed by atoms with Crippen LogP contribution in [0.5, 0.6) is 11.5 Å². The third-order valence-corrected chi connectivity index (χ3v) is 5.08. The Kier molecular flexibility index (Phi) is 6.81. The molecule has 166 valence electrons. The highest BCUT2D eigenvalue weighted by atomic mass is 16.6. The van der Waals surface area contributed by atoms with Crippen molar-refractivity contribution in [2.24, 2.45) is 5.92 Å². The molecular formula is C22H31NO7. The molecule has 0 heterocycles. The first-order valence-electron chi connectivity index (χ1n) is 9.87. The van der Waals surface area contributed by atoms with Crippen molar-refractivity contribution in [3.63, 3.8) is 0 Å². The van der Waals surface area contributed by atoms with E-state index in [2.05, 4.69) is 5.32 Å². The van der Waals surface area contributed by atoms with Gasteiger partial charge in [-0.05, 0) is 27.2 Å². The number of carbonyl (C=O) groups excluding carboxylic acids is 3. The summed E-state index contributed by atoms with van der Waals surface area (Å²) >= 11 is 0. The summed E-state index contributed by atoms with van der Waals surface area (Å²) in [6, 6.07) is 1.52. The Bertz CT molecular complexity index is 856. The lowest BCUT2D eigenvalue weighted by atomic mass is 9.69. The summed E-state index contributed by atoms with van der Waals surface area (Å²) in [6.45, 7) is 8.69. The fourth-order valence-corrected chi connectivity index (χ4v) is 3.89. The number of anilines is 1. The Morgan fingerprint density at radius 2 is 1.83 bits per heavy atom. The van der Waals surface area contributed by atoms with Gasteiger partial charge in [0.25, 0.3) is 0 Å². The second kappa shape index (κ2) is 8.63. The van der Waals surface area contributed by atoms with E-state index in [0.717, 1.165) is 0 Å². The first-order chi connectivity index (χ1) is 14.0. The molecule has 0 bridgehead atoms. The van der Waals surface area contributed by atoms with Crippen molar-refractivity contribution in [3.8, 4) is 11.5 Å². The summed E-state index contributed by atoms with van der Waals surface area (Å²) in [5.41, 5.74) is -1.24. The number of ketones is 2. The highest BCUT2D eigenvalue weighted by Gasteiger charge is 2.55. The molecule has 30 heavy (non-hydrogen) atoms. The first kappa shape index (κ1) is 23.7. The van der Waals surface area contributed by atoms with Gasteiger partial charge in [0.05, 0.1) is 19.9 Å². The fourth-order valence-electron chi connectivity index (χ4n) is 3.89. The van der Waals surface area contributed by atoms with Crippen LogP contribution in [-0.2, 0) is 31.1 Å². The summed E-state index contributed by atoms with van der Waals surface area (Å²) in [7, 11) is 4.23. The van der Waals surface area contributed by atoms with Crippen LogP contribution in [0.2, 0.25) is 0 Å². The number of methoxy groups -OCH3 is 3. The van der Waals surface area contributed by atoms with E-state index in [9.17, 15) is 14.4 Å². The van der Waals surface area contributed by atoms with Crippen molar-refractivity contribution in [1.82, 2.24) is 0 Å². The number of Topliss-reactive ketones (excluding diaryl/α,β-unsaturated/α-hetero) is 2. The molecule has 1 aromatic carbocycles. The van der Waals surface area contributed by atoms with Crippen molar-refractivity contribution in [2.75, 3.05) is 26.6 Å². The molecule has 1 aliphatic rings. The van der Waals surface area contributed by atoms with Crippen molar-refractivity contribution < 1.29 is 33.3 Å². The van der Waals surface area contributed by atoms with Crippen LogP contribution in [0.3, 0.4) is 0 Å². The number of ether oxygens (including phenoxy) is 4. The van der Waals surface area contributed by atoms with E-state index < -0.39 is 23.2 Å². The quantitative estimate of drug-likeness (QED) is 0.700. The zero-order chi connectivity index (χ0) is 22.9. The molecule has 1 N–H and O–H groups in total. The van der Waals surface area contributed by atoms with Gasteiger partial charge in [-0.3, -0.25) is 14.9 Å². The van der Waals surface area contributed by atoms with Gasteiger partial charge >= 0.3 is 6.09 Å². The number of carbonyl (C=O) groups is 3. The van der Waals surface area contributed by atoms with Crippen molar-refractivity contribution >= 4 is 23.3 Å². The van der Waals surface area contributed by atoms with Gasteiger partial charge in [-0.2, -0.15) is 0 Å². The number of rotatable bonds is 6. The van der Waals surface area contributed by atoms with E-state index in [1.165, 1.54) is 27.4 Å². The van der Waals surface area contributed by atoms with E-state index in [4.69, 9.17) is 18.9 Å². The number of nitrogens with one attached hydrogen (secondary N) is 1. The van der Waals surface area contributed by atoms with Crippen LogP contribution in [0.4, 0.5) is 10.5 Å². The third kappa shape index (κ3) is 4.01. The molecule has 1 aromatic rings. The summed E-state index contributed by atoms with van der Waals surface area (Å²) in [6.07, 6.45) is -0.250. The number of hydrogen-bond donors (Lipinski definition) is 1. The molecule has 1 amide bonds. The van der Waals surface area contributed by atoms with Crippen molar-refractivity contribution in [3.05, 3.63) is 17.2 Å². The predicted molar refractivity (Wildman–Crippen MR) is 111 cm³/mol. The zero-order valence-electron chi connectivity index (χ0n) is 18.9. The molecule has 0 aromatic heterocycles. The fraction of sp³-hybridized carbons (Fsp3) is 0.591. The number of hydrogen-bond acceptors (Lipinski definition) is 7. The number of benzene rings is 1. The van der Waals surface area contributed by atoms with E-state index in [1.54, 1.807) is 34.6 Å². The smallest absolute Gasteiger partial charge is 0.412 e. The molecular weight excluding hydrogens is 390 g/mol. The van der Waals surface area contributed by atoms with Crippen LogP contribution >= 0.6 is 0 Å². The van der Waals surface area contributed by atoms with Gasteiger partial charge in [-0.25, -0.2) is 4.79 Å². The SMILES string of the molecule is CCC(=O)C1(OC)C(=O)C(C)Cc2c(OC)c(NC(=O)OC(C)(C)C)cc(OC)c21. The molecule has 2 unspecified atom stereocenters. The van der Waals surface area contributed by atoms with Crippen molar-refractivity contribution in [1.29, 1.82) is 0 Å². The average molecular weight is 421 g/mol. The zero-order valence-corrected chi connectivity index (χ0v) is 18.9. The van der Waals surface area contributed by atoms with Gasteiger partial charge in [0.15, 0.2) is 11.6 Å². The van der Waals surface area contributed by atoms with Crippen LogP contribution in [-0.4, -0.2) is 44.6 Å². The van der Waals surface area contributed by atoms with E-state index in [-0.39, 0.29) is 23.7 Å². The third-order valence-electron chi connectivity index (χ3n) is 5.08. The molecule has 0 saturated heterocycles. The largest absolute Gasteiger partial charge is 0.496 e. The summed E-state index contributed by atoms with van der Waals surface area (Å²) in [5.74, 6) is -0.598. The van der Waals surface area contributed by atoms with Crippen LogP contribution in [0.25, 0.3) is 0 Å². The van der Waals surface area contributed by atoms with Crippen LogP contribution in [0.15, 0.2) is 6.07 Å². The van der Waals surface area contributed by atoms with Crippen molar-refractivity contribution in [2.45, 2.75) is 58.7 Å². The maximum absolute atomic E-state index is 13.2. The highest BCUT2D eigenvalue weighted by molar-refractivity contribution is 6.14. The van der Waals surface area contributed by atoms with Gasteiger partial charge < -0.3 is 18.9 Å². The summed E-state index contributed by atoms with van der Waals surface area (Å²) in [4.78, 5) is 38.5.